The highest BCUT2D eigenvalue weighted by Crippen LogP contribution is 2.39. The number of nitrogens with zero attached hydrogens (tertiary/aromatic N) is 1. The van der Waals surface area contributed by atoms with Gasteiger partial charge in [-0.25, -0.2) is 0 Å². The third kappa shape index (κ3) is 2.46. The van der Waals surface area contributed by atoms with Gasteiger partial charge in [-0.1, -0.05) is 19.8 Å². The normalized spacial score (nSPS) is 46.7. The maximum absolute atomic E-state index is 10.4. The quantitative estimate of drug-likeness (QED) is 0.773. The summed E-state index contributed by atoms with van der Waals surface area (Å²) in [7, 11) is 0. The number of hydrogen-bond donors (Lipinski definition) is 1. The largest absolute Gasteiger partial charge is 0.391 e. The van der Waals surface area contributed by atoms with Crippen LogP contribution in [0.25, 0.3) is 0 Å². The topological polar surface area (TPSA) is 23.5 Å². The van der Waals surface area contributed by atoms with Crippen LogP contribution in [-0.4, -0.2) is 34.7 Å². The lowest BCUT2D eigenvalue weighted by Gasteiger charge is -2.50. The van der Waals surface area contributed by atoms with E-state index in [1.165, 1.54) is 57.9 Å². The molecule has 5 atom stereocenters. The van der Waals surface area contributed by atoms with Crippen LogP contribution >= 0.6 is 0 Å². The van der Waals surface area contributed by atoms with Crippen molar-refractivity contribution in [3.05, 3.63) is 0 Å². The Hall–Kier alpha value is -0.0800. The molecule has 0 bridgehead atoms. The van der Waals surface area contributed by atoms with Crippen molar-refractivity contribution >= 4 is 0 Å². The van der Waals surface area contributed by atoms with Crippen molar-refractivity contribution in [3.63, 3.8) is 0 Å². The Morgan fingerprint density at radius 2 is 1.67 bits per heavy atom. The van der Waals surface area contributed by atoms with Gasteiger partial charge in [0.25, 0.3) is 0 Å². The van der Waals surface area contributed by atoms with Gasteiger partial charge in [0, 0.05) is 12.1 Å². The van der Waals surface area contributed by atoms with E-state index in [-0.39, 0.29) is 6.10 Å². The first-order valence-corrected chi connectivity index (χ1v) is 8.19. The molecule has 104 valence electrons. The van der Waals surface area contributed by atoms with Crippen LogP contribution in [0.15, 0.2) is 0 Å². The van der Waals surface area contributed by atoms with Crippen molar-refractivity contribution < 1.29 is 5.11 Å². The predicted molar refractivity (Wildman–Crippen MR) is 74.5 cm³/mol. The summed E-state index contributed by atoms with van der Waals surface area (Å²) in [5, 5.41) is 10.4. The fraction of sp³-hybridized carbons (Fsp3) is 1.00. The molecule has 3 rings (SSSR count). The molecule has 0 radical (unpaired) electrons. The van der Waals surface area contributed by atoms with Crippen molar-refractivity contribution in [2.24, 2.45) is 11.8 Å². The van der Waals surface area contributed by atoms with Gasteiger partial charge in [0.15, 0.2) is 0 Å². The van der Waals surface area contributed by atoms with E-state index in [0.717, 1.165) is 24.3 Å². The highest BCUT2D eigenvalue weighted by molar-refractivity contribution is 4.94. The minimum absolute atomic E-state index is 0.0538. The molecule has 2 heteroatoms. The van der Waals surface area contributed by atoms with Crippen molar-refractivity contribution in [2.45, 2.75) is 82.9 Å². The van der Waals surface area contributed by atoms with Gasteiger partial charge in [0.2, 0.25) is 0 Å². The molecule has 3 fully saturated rings. The van der Waals surface area contributed by atoms with Gasteiger partial charge in [0.1, 0.15) is 0 Å². The van der Waals surface area contributed by atoms with Crippen LogP contribution in [0.5, 0.6) is 0 Å². The van der Waals surface area contributed by atoms with Crippen LogP contribution < -0.4 is 0 Å². The monoisotopic (exact) mass is 251 g/mol. The number of fused-ring (bicyclic) bond motifs is 1. The lowest BCUT2D eigenvalue weighted by atomic mass is 9.75. The van der Waals surface area contributed by atoms with Gasteiger partial charge in [0.05, 0.1) is 6.10 Å². The van der Waals surface area contributed by atoms with Crippen LogP contribution in [0.4, 0.5) is 0 Å². The predicted octanol–water partition coefficient (Wildman–Crippen LogP) is 3.19. The molecule has 0 amide bonds. The van der Waals surface area contributed by atoms with Crippen molar-refractivity contribution in [2.75, 3.05) is 6.54 Å². The van der Waals surface area contributed by atoms with E-state index in [1.54, 1.807) is 0 Å². The average Bonchev–Trinajstić information content (AvgIpc) is 2.41. The van der Waals surface area contributed by atoms with Gasteiger partial charge in [-0.15, -0.1) is 0 Å². The first kappa shape index (κ1) is 12.9. The van der Waals surface area contributed by atoms with Crippen LogP contribution in [0.1, 0.15) is 64.7 Å². The Morgan fingerprint density at radius 3 is 2.56 bits per heavy atom. The van der Waals surface area contributed by atoms with Crippen LogP contribution in [-0.2, 0) is 0 Å². The third-order valence-corrected chi connectivity index (χ3v) is 5.76. The second kappa shape index (κ2) is 5.50. The summed E-state index contributed by atoms with van der Waals surface area (Å²) < 4.78 is 0. The molecule has 3 unspecified atom stereocenters. The zero-order valence-electron chi connectivity index (χ0n) is 11.9. The van der Waals surface area contributed by atoms with Crippen LogP contribution in [0.3, 0.4) is 0 Å². The van der Waals surface area contributed by atoms with Crippen LogP contribution in [0, 0.1) is 11.8 Å². The lowest BCUT2D eigenvalue weighted by molar-refractivity contribution is -0.0520. The summed E-state index contributed by atoms with van der Waals surface area (Å²) in [6.07, 6.45) is 11.9. The number of aliphatic hydroxyl groups is 1. The molecule has 1 saturated heterocycles. The van der Waals surface area contributed by atoms with Gasteiger partial charge in [-0.05, 0) is 63.3 Å². The maximum atomic E-state index is 10.4. The van der Waals surface area contributed by atoms with E-state index in [0.29, 0.717) is 6.04 Å². The van der Waals surface area contributed by atoms with E-state index in [1.807, 2.05) is 0 Å². The highest BCUT2D eigenvalue weighted by Gasteiger charge is 2.40. The average molecular weight is 251 g/mol. The van der Waals surface area contributed by atoms with Gasteiger partial charge < -0.3 is 5.11 Å². The van der Waals surface area contributed by atoms with E-state index in [4.69, 9.17) is 0 Å². The molecule has 1 N–H and O–H groups in total. The summed E-state index contributed by atoms with van der Waals surface area (Å²) in [5.74, 6) is 1.75. The van der Waals surface area contributed by atoms with E-state index < -0.39 is 0 Å². The number of piperidine rings is 1. The summed E-state index contributed by atoms with van der Waals surface area (Å²) in [4.78, 5) is 2.73. The van der Waals surface area contributed by atoms with Gasteiger partial charge in [-0.2, -0.15) is 0 Å². The van der Waals surface area contributed by atoms with Crippen molar-refractivity contribution in [1.29, 1.82) is 0 Å². The minimum Gasteiger partial charge on any atom is -0.391 e. The Morgan fingerprint density at radius 1 is 0.889 bits per heavy atom. The molecule has 3 aliphatic rings. The fourth-order valence-electron chi connectivity index (χ4n) is 4.77. The molecular formula is C16H29NO. The van der Waals surface area contributed by atoms with E-state index >= 15 is 0 Å². The number of likely N-dealkylation sites (tertiary alicyclic amines) is 1. The number of hydrogen-bond acceptors (Lipinski definition) is 2. The summed E-state index contributed by atoms with van der Waals surface area (Å²) >= 11 is 0. The SMILES string of the molecule is CC1CCC(O)C(N2CCC[C@H]3CCCC[C@H]32)C1. The van der Waals surface area contributed by atoms with Crippen LogP contribution in [0.2, 0.25) is 0 Å². The third-order valence-electron chi connectivity index (χ3n) is 5.76. The highest BCUT2D eigenvalue weighted by atomic mass is 16.3. The van der Waals surface area contributed by atoms with E-state index in [9.17, 15) is 5.11 Å². The number of rotatable bonds is 1. The fourth-order valence-corrected chi connectivity index (χ4v) is 4.77. The Labute approximate surface area is 112 Å². The van der Waals surface area contributed by atoms with Crippen molar-refractivity contribution in [3.8, 4) is 0 Å². The standard InChI is InChI=1S/C16H29NO/c1-12-8-9-16(18)15(11-12)17-10-4-6-13-5-2-3-7-14(13)17/h12-16,18H,2-11H2,1H3/t12?,13-,14-,15?,16?/m1/s1. The number of aliphatic hydroxyl groups excluding tert-OH is 1. The summed E-state index contributed by atoms with van der Waals surface area (Å²) in [5.41, 5.74) is 0. The first-order chi connectivity index (χ1) is 8.75. The molecule has 0 spiro atoms. The second-order valence-electron chi connectivity index (χ2n) is 7.04. The molecule has 1 aliphatic heterocycles. The molecule has 0 aromatic carbocycles. The smallest absolute Gasteiger partial charge is 0.0695 e. The van der Waals surface area contributed by atoms with Gasteiger partial charge in [-0.3, -0.25) is 4.90 Å². The Bertz CT molecular complexity index is 278. The van der Waals surface area contributed by atoms with Gasteiger partial charge >= 0.3 is 0 Å². The molecule has 18 heavy (non-hydrogen) atoms. The molecule has 0 aromatic heterocycles. The lowest BCUT2D eigenvalue weighted by Crippen LogP contribution is -2.56. The second-order valence-corrected chi connectivity index (χ2v) is 7.04. The maximum Gasteiger partial charge on any atom is 0.0695 e. The van der Waals surface area contributed by atoms with Crippen molar-refractivity contribution in [1.82, 2.24) is 4.90 Å². The molecule has 1 heterocycles. The summed E-state index contributed by atoms with van der Waals surface area (Å²) in [6.45, 7) is 3.61. The molecule has 0 aromatic rings. The first-order valence-electron chi connectivity index (χ1n) is 8.19. The summed E-state index contributed by atoms with van der Waals surface area (Å²) in [6, 6.07) is 1.28. The zero-order valence-corrected chi connectivity index (χ0v) is 11.9. The Balaban J connectivity index is 1.72. The Kier molecular flexibility index (Phi) is 3.95. The zero-order chi connectivity index (χ0) is 12.5. The molecule has 2 nitrogen and oxygen atoms in total. The molecule has 2 saturated carbocycles. The molecule has 2 aliphatic carbocycles. The van der Waals surface area contributed by atoms with E-state index in [2.05, 4.69) is 11.8 Å². The molecular weight excluding hydrogens is 222 g/mol. The minimum atomic E-state index is -0.0538.